The molecule has 17 heavy (non-hydrogen) atoms. The zero-order valence-corrected chi connectivity index (χ0v) is 8.45. The number of aromatic nitrogens is 4. The van der Waals surface area contributed by atoms with Gasteiger partial charge in [-0.15, -0.1) is 0 Å². The van der Waals surface area contributed by atoms with Crippen LogP contribution in [0.25, 0.3) is 16.8 Å². The molecule has 3 aromatic heterocycles. The van der Waals surface area contributed by atoms with E-state index in [0.717, 1.165) is 0 Å². The van der Waals surface area contributed by atoms with Crippen LogP contribution in [0.4, 0.5) is 0 Å². The average Bonchev–Trinajstić information content (AvgIpc) is 2.75. The zero-order chi connectivity index (χ0) is 11.8. The molecule has 7 nitrogen and oxygen atoms in total. The highest BCUT2D eigenvalue weighted by Crippen LogP contribution is 2.13. The van der Waals surface area contributed by atoms with E-state index in [2.05, 4.69) is 15.1 Å². The predicted octanol–water partition coefficient (Wildman–Crippen LogP) is 0.0620. The number of nitrogens with one attached hydrogen (secondary N) is 1. The predicted molar refractivity (Wildman–Crippen MR) is 58.0 cm³/mol. The Balaban J connectivity index is 2.26. The van der Waals surface area contributed by atoms with E-state index >= 15 is 0 Å². The quantitative estimate of drug-likeness (QED) is 0.638. The fourth-order valence-electron chi connectivity index (χ4n) is 1.50. The molecule has 3 rings (SSSR count). The largest absolute Gasteiger partial charge is 0.354 e. The lowest BCUT2D eigenvalue weighted by molar-refractivity contribution is 0.456. The Morgan fingerprint density at radius 3 is 3.00 bits per heavy atom. The molecule has 0 spiro atoms. The van der Waals surface area contributed by atoms with Gasteiger partial charge in [0.05, 0.1) is 18.1 Å². The van der Waals surface area contributed by atoms with Crippen LogP contribution in [0.15, 0.2) is 44.8 Å². The summed E-state index contributed by atoms with van der Waals surface area (Å²) in [6.45, 7) is 0. The lowest BCUT2D eigenvalue weighted by Gasteiger charge is -2.02. The van der Waals surface area contributed by atoms with Crippen LogP contribution in [0.2, 0.25) is 0 Å². The van der Waals surface area contributed by atoms with Gasteiger partial charge in [-0.1, -0.05) is 5.16 Å². The lowest BCUT2D eigenvalue weighted by Crippen LogP contribution is -2.27. The first-order valence-electron chi connectivity index (χ1n) is 4.77. The maximum atomic E-state index is 11.5. The third-order valence-electron chi connectivity index (χ3n) is 2.30. The number of nitrogens with zero attached hydrogens (tertiary/aromatic N) is 3. The summed E-state index contributed by atoms with van der Waals surface area (Å²) in [7, 11) is 0. The van der Waals surface area contributed by atoms with E-state index in [4.69, 9.17) is 4.52 Å². The van der Waals surface area contributed by atoms with Crippen molar-refractivity contribution >= 4 is 11.1 Å². The van der Waals surface area contributed by atoms with Crippen LogP contribution in [0, 0.1) is 0 Å². The first kappa shape index (κ1) is 9.52. The molecule has 0 radical (unpaired) electrons. The molecule has 1 N–H and O–H groups in total. The van der Waals surface area contributed by atoms with Crippen LogP contribution in [0.3, 0.4) is 0 Å². The van der Waals surface area contributed by atoms with Crippen molar-refractivity contribution in [3.05, 3.63) is 51.6 Å². The smallest absolute Gasteiger partial charge is 0.332 e. The van der Waals surface area contributed by atoms with E-state index in [1.54, 1.807) is 6.07 Å². The summed E-state index contributed by atoms with van der Waals surface area (Å²) in [6, 6.07) is 2.88. The fourth-order valence-corrected chi connectivity index (χ4v) is 1.50. The number of H-pyrrole nitrogens is 1. The average molecular weight is 230 g/mol. The van der Waals surface area contributed by atoms with Crippen molar-refractivity contribution in [2.75, 3.05) is 0 Å². The number of pyridine rings is 1. The lowest BCUT2D eigenvalue weighted by atomic mass is 10.3. The van der Waals surface area contributed by atoms with Crippen LogP contribution < -0.4 is 11.2 Å². The van der Waals surface area contributed by atoms with Crippen molar-refractivity contribution in [2.45, 2.75) is 0 Å². The molecule has 0 bridgehead atoms. The fraction of sp³-hybridized carbons (Fsp3) is 0. The number of aromatic amines is 1. The third kappa shape index (κ3) is 1.53. The van der Waals surface area contributed by atoms with E-state index in [1.165, 1.54) is 29.2 Å². The van der Waals surface area contributed by atoms with Crippen molar-refractivity contribution in [1.29, 1.82) is 0 Å². The molecule has 0 saturated carbocycles. The highest BCUT2D eigenvalue weighted by atomic mass is 16.5. The molecular weight excluding hydrogens is 224 g/mol. The Hall–Kier alpha value is -2.70. The molecule has 0 aliphatic carbocycles. The second kappa shape index (κ2) is 3.41. The van der Waals surface area contributed by atoms with E-state index in [0.29, 0.717) is 16.8 Å². The number of rotatable bonds is 1. The normalized spacial score (nSPS) is 10.8. The summed E-state index contributed by atoms with van der Waals surface area (Å²) in [4.78, 5) is 28.7. The Bertz CT molecular complexity index is 799. The molecular formula is C10H6N4O3. The van der Waals surface area contributed by atoms with Gasteiger partial charge in [0.2, 0.25) is 0 Å². The standard InChI is InChI=1S/C10H6N4O3/c15-9-1-2-14(10(16)13-9)6-3-8-7(11-4-6)5-12-17-8/h1-5H,(H,13,15,16). The Kier molecular flexibility index (Phi) is 1.91. The van der Waals surface area contributed by atoms with Gasteiger partial charge in [-0.3, -0.25) is 14.3 Å². The highest BCUT2D eigenvalue weighted by molar-refractivity contribution is 5.72. The molecule has 0 fully saturated rings. The van der Waals surface area contributed by atoms with Crippen molar-refractivity contribution < 1.29 is 4.52 Å². The van der Waals surface area contributed by atoms with E-state index < -0.39 is 11.2 Å². The zero-order valence-electron chi connectivity index (χ0n) is 8.45. The first-order valence-corrected chi connectivity index (χ1v) is 4.77. The summed E-state index contributed by atoms with van der Waals surface area (Å²) in [5.41, 5.74) is 0.598. The molecule has 84 valence electrons. The van der Waals surface area contributed by atoms with Gasteiger partial charge in [-0.2, -0.15) is 0 Å². The molecule has 7 heteroatoms. The SMILES string of the molecule is O=c1ccn(-c2cnc3cnoc3c2)c(=O)[nH]1. The van der Waals surface area contributed by atoms with Crippen molar-refractivity contribution in [3.8, 4) is 5.69 Å². The Labute approximate surface area is 93.3 Å². The minimum Gasteiger partial charge on any atom is -0.354 e. The Morgan fingerprint density at radius 1 is 1.29 bits per heavy atom. The Morgan fingerprint density at radius 2 is 2.18 bits per heavy atom. The molecule has 0 amide bonds. The van der Waals surface area contributed by atoms with Gasteiger partial charge in [-0.05, 0) is 0 Å². The van der Waals surface area contributed by atoms with Gasteiger partial charge in [0.1, 0.15) is 5.52 Å². The van der Waals surface area contributed by atoms with E-state index in [9.17, 15) is 9.59 Å². The highest BCUT2D eigenvalue weighted by Gasteiger charge is 2.05. The molecule has 0 saturated heterocycles. The van der Waals surface area contributed by atoms with E-state index in [1.807, 2.05) is 0 Å². The number of hydrogen-bond donors (Lipinski definition) is 1. The molecule has 3 heterocycles. The molecule has 0 aliphatic heterocycles. The van der Waals surface area contributed by atoms with Crippen LogP contribution in [-0.4, -0.2) is 19.7 Å². The van der Waals surface area contributed by atoms with Gasteiger partial charge in [0.15, 0.2) is 5.58 Å². The summed E-state index contributed by atoms with van der Waals surface area (Å²) in [5, 5.41) is 3.59. The van der Waals surface area contributed by atoms with Crippen LogP contribution in [0.5, 0.6) is 0 Å². The van der Waals surface area contributed by atoms with Gasteiger partial charge in [0.25, 0.3) is 5.56 Å². The maximum absolute atomic E-state index is 11.5. The van der Waals surface area contributed by atoms with E-state index in [-0.39, 0.29) is 0 Å². The minimum atomic E-state index is -0.529. The molecule has 0 atom stereocenters. The van der Waals surface area contributed by atoms with Crippen molar-refractivity contribution in [3.63, 3.8) is 0 Å². The van der Waals surface area contributed by atoms with Crippen LogP contribution in [-0.2, 0) is 0 Å². The maximum Gasteiger partial charge on any atom is 0.332 e. The molecule has 3 aromatic rings. The summed E-state index contributed by atoms with van der Waals surface area (Å²) < 4.78 is 6.20. The summed E-state index contributed by atoms with van der Waals surface area (Å²) in [5.74, 6) is 0. The summed E-state index contributed by atoms with van der Waals surface area (Å²) >= 11 is 0. The van der Waals surface area contributed by atoms with Gasteiger partial charge >= 0.3 is 5.69 Å². The topological polar surface area (TPSA) is 93.8 Å². The van der Waals surface area contributed by atoms with Gasteiger partial charge in [-0.25, -0.2) is 9.78 Å². The van der Waals surface area contributed by atoms with Gasteiger partial charge < -0.3 is 4.52 Å². The summed E-state index contributed by atoms with van der Waals surface area (Å²) in [6.07, 6.45) is 4.36. The molecule has 0 aromatic carbocycles. The molecule has 0 aliphatic rings. The second-order valence-corrected chi connectivity index (χ2v) is 3.38. The van der Waals surface area contributed by atoms with Crippen LogP contribution in [0.1, 0.15) is 0 Å². The van der Waals surface area contributed by atoms with Crippen LogP contribution >= 0.6 is 0 Å². The third-order valence-corrected chi connectivity index (χ3v) is 2.30. The number of fused-ring (bicyclic) bond motifs is 1. The second-order valence-electron chi connectivity index (χ2n) is 3.38. The van der Waals surface area contributed by atoms with Crippen molar-refractivity contribution in [2.24, 2.45) is 0 Å². The monoisotopic (exact) mass is 230 g/mol. The first-order chi connectivity index (χ1) is 8.24. The molecule has 0 unspecified atom stereocenters. The minimum absolute atomic E-state index is 0.444. The van der Waals surface area contributed by atoms with Gasteiger partial charge in [0, 0.05) is 18.3 Å². The van der Waals surface area contributed by atoms with Crippen molar-refractivity contribution in [1.82, 2.24) is 19.7 Å². The number of hydrogen-bond acceptors (Lipinski definition) is 5.